The molecule has 1 unspecified atom stereocenters. The first-order valence-electron chi connectivity index (χ1n) is 4.04. The van der Waals surface area contributed by atoms with Crippen LogP contribution in [0.5, 0.6) is 0 Å². The molecule has 0 saturated carbocycles. The summed E-state index contributed by atoms with van der Waals surface area (Å²) < 4.78 is 0. The van der Waals surface area contributed by atoms with Gasteiger partial charge in [0, 0.05) is 19.0 Å². The Morgan fingerprint density at radius 1 is 1.55 bits per heavy atom. The molecule has 66 valence electrons. The lowest BCUT2D eigenvalue weighted by Crippen LogP contribution is -2.44. The molecule has 0 radical (unpaired) electrons. The zero-order chi connectivity index (χ0) is 7.56. The first-order chi connectivity index (χ1) is 4.75. The smallest absolute Gasteiger partial charge is 0.225 e. The summed E-state index contributed by atoms with van der Waals surface area (Å²) in [6, 6.07) is 0. The molecule has 1 amide bonds. The van der Waals surface area contributed by atoms with E-state index in [-0.39, 0.29) is 18.3 Å². The minimum atomic E-state index is 0. The van der Waals surface area contributed by atoms with E-state index in [2.05, 4.69) is 6.92 Å². The number of halogens is 1. The third kappa shape index (κ3) is 2.37. The molecule has 0 aromatic rings. The Morgan fingerprint density at radius 3 is 2.36 bits per heavy atom. The van der Waals surface area contributed by atoms with Crippen LogP contribution in [0.3, 0.4) is 0 Å². The molecule has 1 rings (SSSR count). The van der Waals surface area contributed by atoms with Crippen molar-refractivity contribution in [3.63, 3.8) is 0 Å². The number of carbonyl (C=O) groups excluding carboxylic acids is 1. The van der Waals surface area contributed by atoms with Crippen LogP contribution in [0.15, 0.2) is 0 Å². The molecule has 1 saturated heterocycles. The van der Waals surface area contributed by atoms with Crippen LogP contribution in [-0.2, 0) is 4.79 Å². The number of hydrogen-bond acceptors (Lipinski definition) is 1. The number of carbonyl (C=O) groups is 1. The van der Waals surface area contributed by atoms with Crippen LogP contribution >= 0.6 is 12.4 Å². The van der Waals surface area contributed by atoms with Gasteiger partial charge in [0.1, 0.15) is 0 Å². The fourth-order valence-electron chi connectivity index (χ4n) is 1.02. The second-order valence-corrected chi connectivity index (χ2v) is 2.99. The largest absolute Gasteiger partial charge is 0.342 e. The lowest BCUT2D eigenvalue weighted by atomic mass is 10.1. The Morgan fingerprint density at radius 2 is 2.09 bits per heavy atom. The topological polar surface area (TPSA) is 20.3 Å². The molecule has 3 heteroatoms. The Kier molecular flexibility index (Phi) is 4.50. The maximum atomic E-state index is 11.3. The quantitative estimate of drug-likeness (QED) is 0.629. The molecule has 1 aliphatic heterocycles. The summed E-state index contributed by atoms with van der Waals surface area (Å²) in [7, 11) is 0. The fourth-order valence-corrected chi connectivity index (χ4v) is 1.02. The van der Waals surface area contributed by atoms with Crippen LogP contribution in [0.25, 0.3) is 0 Å². The summed E-state index contributed by atoms with van der Waals surface area (Å²) in [5, 5.41) is 0. The molecule has 2 nitrogen and oxygen atoms in total. The van der Waals surface area contributed by atoms with Gasteiger partial charge in [-0.05, 0) is 12.8 Å². The van der Waals surface area contributed by atoms with E-state index in [4.69, 9.17) is 0 Å². The lowest BCUT2D eigenvalue weighted by Gasteiger charge is -2.32. The molecule has 11 heavy (non-hydrogen) atoms. The maximum Gasteiger partial charge on any atom is 0.225 e. The summed E-state index contributed by atoms with van der Waals surface area (Å²) in [5.74, 6) is 0.578. The van der Waals surface area contributed by atoms with E-state index in [9.17, 15) is 4.79 Å². The van der Waals surface area contributed by atoms with Gasteiger partial charge in [-0.3, -0.25) is 4.79 Å². The van der Waals surface area contributed by atoms with Crippen molar-refractivity contribution in [2.45, 2.75) is 26.7 Å². The monoisotopic (exact) mass is 177 g/mol. The standard InChI is InChI=1S/C8H15NO.ClH/c1-3-7(2)8(10)9-5-4-6-9;/h7H,3-6H2,1-2H3;1H. The highest BCUT2D eigenvalue weighted by molar-refractivity contribution is 5.85. The number of nitrogens with zero attached hydrogens (tertiary/aromatic N) is 1. The molecule has 0 aromatic carbocycles. The third-order valence-electron chi connectivity index (χ3n) is 2.20. The summed E-state index contributed by atoms with van der Waals surface area (Å²) >= 11 is 0. The summed E-state index contributed by atoms with van der Waals surface area (Å²) in [6.07, 6.45) is 2.16. The van der Waals surface area contributed by atoms with Crippen molar-refractivity contribution in [2.75, 3.05) is 13.1 Å². The molecule has 0 aromatic heterocycles. The molecule has 0 N–H and O–H groups in total. The number of amides is 1. The van der Waals surface area contributed by atoms with E-state index in [1.54, 1.807) is 0 Å². The SMILES string of the molecule is CCC(C)C(=O)N1CCC1.Cl. The predicted octanol–water partition coefficient (Wildman–Crippen LogP) is 1.69. The van der Waals surface area contributed by atoms with Crippen molar-refractivity contribution < 1.29 is 4.79 Å². The summed E-state index contributed by atoms with van der Waals surface area (Å²) in [6.45, 7) is 6.04. The highest BCUT2D eigenvalue weighted by Gasteiger charge is 2.23. The molecule has 0 aliphatic carbocycles. The summed E-state index contributed by atoms with van der Waals surface area (Å²) in [4.78, 5) is 13.2. The zero-order valence-corrected chi connectivity index (χ0v) is 7.99. The molecular weight excluding hydrogens is 162 g/mol. The lowest BCUT2D eigenvalue weighted by molar-refractivity contribution is -0.138. The van der Waals surface area contributed by atoms with Gasteiger partial charge in [0.05, 0.1) is 0 Å². The number of likely N-dealkylation sites (tertiary alicyclic amines) is 1. The van der Waals surface area contributed by atoms with Crippen molar-refractivity contribution in [3.8, 4) is 0 Å². The Hall–Kier alpha value is -0.240. The van der Waals surface area contributed by atoms with Crippen molar-refractivity contribution in [1.29, 1.82) is 0 Å². The van der Waals surface area contributed by atoms with Crippen LogP contribution in [0, 0.1) is 5.92 Å². The highest BCUT2D eigenvalue weighted by atomic mass is 35.5. The highest BCUT2D eigenvalue weighted by Crippen LogP contribution is 2.12. The Balaban J connectivity index is 0.000001000. The minimum Gasteiger partial charge on any atom is -0.342 e. The second-order valence-electron chi connectivity index (χ2n) is 2.99. The van der Waals surface area contributed by atoms with E-state index in [0.717, 1.165) is 19.5 Å². The van der Waals surface area contributed by atoms with Crippen LogP contribution in [0.4, 0.5) is 0 Å². The molecule has 1 fully saturated rings. The first-order valence-corrected chi connectivity index (χ1v) is 4.04. The maximum absolute atomic E-state index is 11.3. The molecule has 0 spiro atoms. The molecular formula is C8H16ClNO. The van der Waals surface area contributed by atoms with E-state index < -0.39 is 0 Å². The van der Waals surface area contributed by atoms with Gasteiger partial charge in [0.25, 0.3) is 0 Å². The van der Waals surface area contributed by atoms with Gasteiger partial charge >= 0.3 is 0 Å². The van der Waals surface area contributed by atoms with Crippen molar-refractivity contribution in [3.05, 3.63) is 0 Å². The van der Waals surface area contributed by atoms with Gasteiger partial charge in [0.2, 0.25) is 5.91 Å². The molecule has 1 aliphatic rings. The molecule has 0 bridgehead atoms. The van der Waals surface area contributed by atoms with Gasteiger partial charge in [-0.1, -0.05) is 13.8 Å². The average Bonchev–Trinajstić information content (AvgIpc) is 1.82. The Labute approximate surface area is 74.4 Å². The van der Waals surface area contributed by atoms with Crippen molar-refractivity contribution in [1.82, 2.24) is 4.90 Å². The average molecular weight is 178 g/mol. The Bertz CT molecular complexity index is 127. The third-order valence-corrected chi connectivity index (χ3v) is 2.20. The number of rotatable bonds is 2. The second kappa shape index (κ2) is 4.60. The van der Waals surface area contributed by atoms with E-state index in [0.29, 0.717) is 5.91 Å². The van der Waals surface area contributed by atoms with Gasteiger partial charge in [-0.2, -0.15) is 0 Å². The van der Waals surface area contributed by atoms with Gasteiger partial charge in [-0.15, -0.1) is 12.4 Å². The minimum absolute atomic E-state index is 0. The van der Waals surface area contributed by atoms with Gasteiger partial charge < -0.3 is 4.90 Å². The number of hydrogen-bond donors (Lipinski definition) is 0. The van der Waals surface area contributed by atoms with Gasteiger partial charge in [-0.25, -0.2) is 0 Å². The van der Waals surface area contributed by atoms with Crippen molar-refractivity contribution in [2.24, 2.45) is 5.92 Å². The predicted molar refractivity (Wildman–Crippen MR) is 47.9 cm³/mol. The van der Waals surface area contributed by atoms with Crippen molar-refractivity contribution >= 4 is 18.3 Å². The summed E-state index contributed by atoms with van der Waals surface area (Å²) in [5.41, 5.74) is 0. The van der Waals surface area contributed by atoms with E-state index >= 15 is 0 Å². The molecule has 1 atom stereocenters. The van der Waals surface area contributed by atoms with Crippen LogP contribution in [0.2, 0.25) is 0 Å². The first kappa shape index (κ1) is 10.8. The zero-order valence-electron chi connectivity index (χ0n) is 7.17. The van der Waals surface area contributed by atoms with E-state index in [1.165, 1.54) is 6.42 Å². The molecule has 1 heterocycles. The van der Waals surface area contributed by atoms with Crippen LogP contribution < -0.4 is 0 Å². The van der Waals surface area contributed by atoms with E-state index in [1.807, 2.05) is 11.8 Å². The van der Waals surface area contributed by atoms with Crippen LogP contribution in [0.1, 0.15) is 26.7 Å². The van der Waals surface area contributed by atoms with Gasteiger partial charge in [0.15, 0.2) is 0 Å². The normalized spacial score (nSPS) is 18.2. The fraction of sp³-hybridized carbons (Fsp3) is 0.875. The van der Waals surface area contributed by atoms with Crippen LogP contribution in [-0.4, -0.2) is 23.9 Å².